The quantitative estimate of drug-likeness (QED) is 0.608. The first kappa shape index (κ1) is 10.5. The molecular weight excluding hydrogens is 160 g/mol. The third kappa shape index (κ3) is 2.68. The summed E-state index contributed by atoms with van der Waals surface area (Å²) in [6, 6.07) is 0. The molecule has 0 unspecified atom stereocenters. The average Bonchev–Trinajstić information content (AvgIpc) is 2.04. The van der Waals surface area contributed by atoms with Crippen molar-refractivity contribution in [2.45, 2.75) is 39.5 Å². The van der Waals surface area contributed by atoms with E-state index in [4.69, 9.17) is 0 Å². The van der Waals surface area contributed by atoms with Crippen molar-refractivity contribution in [3.8, 4) is 0 Å². The van der Waals surface area contributed by atoms with Gasteiger partial charge in [0.05, 0.1) is 0 Å². The molecule has 1 radical (unpaired) electrons. The van der Waals surface area contributed by atoms with Gasteiger partial charge < -0.3 is 0 Å². The first-order chi connectivity index (χ1) is 6.15. The Morgan fingerprint density at radius 1 is 1.54 bits per heavy atom. The molecule has 0 aromatic heterocycles. The summed E-state index contributed by atoms with van der Waals surface area (Å²) in [6.07, 6.45) is 6.32. The molecule has 1 rings (SSSR count). The van der Waals surface area contributed by atoms with Gasteiger partial charge in [0.25, 0.3) is 0 Å². The molecule has 1 heteroatoms. The molecule has 1 fully saturated rings. The number of hydrogen-bond acceptors (Lipinski definition) is 1. The van der Waals surface area contributed by atoms with Crippen LogP contribution in [0, 0.1) is 17.8 Å². The van der Waals surface area contributed by atoms with E-state index in [2.05, 4.69) is 26.7 Å². The minimum Gasteiger partial charge on any atom is -0.291 e. The molecule has 0 amide bonds. The van der Waals surface area contributed by atoms with Crippen molar-refractivity contribution in [1.82, 2.24) is 0 Å². The molecule has 1 aliphatic carbocycles. The molecule has 73 valence electrons. The lowest BCUT2D eigenvalue weighted by atomic mass is 9.71. The Labute approximate surface area is 81.2 Å². The van der Waals surface area contributed by atoms with E-state index in [9.17, 15) is 4.79 Å². The summed E-state index contributed by atoms with van der Waals surface area (Å²) in [4.78, 5) is 10.4. The number of carbonyl (C=O) groups excluding carboxylic acids is 1. The summed E-state index contributed by atoms with van der Waals surface area (Å²) < 4.78 is 0. The molecule has 0 bridgehead atoms. The normalized spacial score (nSPS) is 34.2. The highest BCUT2D eigenvalue weighted by Crippen LogP contribution is 2.38. The predicted molar refractivity (Wildman–Crippen MR) is 55.1 cm³/mol. The second-order valence-electron chi connectivity index (χ2n) is 4.48. The third-order valence-electron chi connectivity index (χ3n) is 3.22. The van der Waals surface area contributed by atoms with Crippen molar-refractivity contribution >= 4 is 6.29 Å². The molecular formula is C12H19O. The minimum atomic E-state index is 0.513. The van der Waals surface area contributed by atoms with Crippen molar-refractivity contribution in [3.05, 3.63) is 12.2 Å². The Balaban J connectivity index is 2.59. The van der Waals surface area contributed by atoms with Crippen LogP contribution in [-0.4, -0.2) is 6.29 Å². The lowest BCUT2D eigenvalue weighted by molar-refractivity contribution is 0.221. The smallest absolute Gasteiger partial charge is 0.198 e. The number of rotatable bonds is 3. The SMILES string of the molecule is C=C(C)[C@@H]1CC[C@@H](C)C[C@@H]1C[C]=O. The number of allylic oxidation sites excluding steroid dienone is 1. The van der Waals surface area contributed by atoms with Crippen molar-refractivity contribution < 1.29 is 4.79 Å². The molecule has 0 spiro atoms. The fourth-order valence-corrected chi connectivity index (χ4v) is 2.48. The maximum absolute atomic E-state index is 10.4. The fraction of sp³-hybridized carbons (Fsp3) is 0.750. The highest BCUT2D eigenvalue weighted by atomic mass is 16.1. The van der Waals surface area contributed by atoms with Gasteiger partial charge in [0.2, 0.25) is 0 Å². The summed E-state index contributed by atoms with van der Waals surface area (Å²) in [6.45, 7) is 8.36. The zero-order valence-corrected chi connectivity index (χ0v) is 8.68. The van der Waals surface area contributed by atoms with E-state index >= 15 is 0 Å². The van der Waals surface area contributed by atoms with E-state index < -0.39 is 0 Å². The van der Waals surface area contributed by atoms with Crippen molar-refractivity contribution in [2.24, 2.45) is 17.8 Å². The fourth-order valence-electron chi connectivity index (χ4n) is 2.48. The van der Waals surface area contributed by atoms with Gasteiger partial charge in [0.1, 0.15) is 0 Å². The number of hydrogen-bond donors (Lipinski definition) is 0. The lowest BCUT2D eigenvalue weighted by Crippen LogP contribution is -2.24. The maximum atomic E-state index is 10.4. The minimum absolute atomic E-state index is 0.513. The summed E-state index contributed by atoms with van der Waals surface area (Å²) in [5.74, 6) is 1.85. The zero-order chi connectivity index (χ0) is 9.84. The van der Waals surface area contributed by atoms with Gasteiger partial charge >= 0.3 is 0 Å². The van der Waals surface area contributed by atoms with E-state index in [0.717, 1.165) is 5.92 Å². The Bertz CT molecular complexity index is 195. The van der Waals surface area contributed by atoms with Crippen LogP contribution in [0.4, 0.5) is 0 Å². The van der Waals surface area contributed by atoms with Gasteiger partial charge in [0.15, 0.2) is 6.29 Å². The molecule has 0 saturated heterocycles. The molecule has 1 nitrogen and oxygen atoms in total. The zero-order valence-electron chi connectivity index (χ0n) is 8.68. The highest BCUT2D eigenvalue weighted by Gasteiger charge is 2.28. The first-order valence-corrected chi connectivity index (χ1v) is 5.15. The monoisotopic (exact) mass is 179 g/mol. The summed E-state index contributed by atoms with van der Waals surface area (Å²) >= 11 is 0. The molecule has 1 aliphatic rings. The standard InChI is InChI=1S/C12H19O/c1-9(2)12-5-4-10(3)8-11(12)6-7-13/h10-12H,1,4-6,8H2,2-3H3/t10-,11+,12+/m1/s1. The summed E-state index contributed by atoms with van der Waals surface area (Å²) in [5.41, 5.74) is 1.24. The van der Waals surface area contributed by atoms with Crippen LogP contribution >= 0.6 is 0 Å². The molecule has 1 saturated carbocycles. The first-order valence-electron chi connectivity index (χ1n) is 5.15. The van der Waals surface area contributed by atoms with Gasteiger partial charge in [-0.2, -0.15) is 0 Å². The summed E-state index contributed by atoms with van der Waals surface area (Å²) in [5, 5.41) is 0. The van der Waals surface area contributed by atoms with Gasteiger partial charge in [-0.15, -0.1) is 0 Å². The van der Waals surface area contributed by atoms with Crippen molar-refractivity contribution in [1.29, 1.82) is 0 Å². The average molecular weight is 179 g/mol. The van der Waals surface area contributed by atoms with Crippen LogP contribution in [-0.2, 0) is 4.79 Å². The third-order valence-corrected chi connectivity index (χ3v) is 3.22. The summed E-state index contributed by atoms with van der Waals surface area (Å²) in [7, 11) is 0. The van der Waals surface area contributed by atoms with Crippen LogP contribution in [0.15, 0.2) is 12.2 Å². The van der Waals surface area contributed by atoms with Crippen LogP contribution in [0.5, 0.6) is 0 Å². The van der Waals surface area contributed by atoms with Crippen LogP contribution in [0.1, 0.15) is 39.5 Å². The van der Waals surface area contributed by atoms with Gasteiger partial charge in [-0.3, -0.25) is 4.79 Å². The van der Waals surface area contributed by atoms with E-state index in [0.29, 0.717) is 18.3 Å². The van der Waals surface area contributed by atoms with E-state index in [1.54, 1.807) is 0 Å². The van der Waals surface area contributed by atoms with Gasteiger partial charge in [-0.25, -0.2) is 0 Å². The molecule has 3 atom stereocenters. The molecule has 0 aliphatic heterocycles. The Kier molecular flexibility index (Phi) is 3.71. The van der Waals surface area contributed by atoms with Crippen molar-refractivity contribution in [3.63, 3.8) is 0 Å². The Morgan fingerprint density at radius 3 is 2.77 bits per heavy atom. The van der Waals surface area contributed by atoms with Crippen LogP contribution in [0.2, 0.25) is 0 Å². The Hall–Kier alpha value is -0.590. The highest BCUT2D eigenvalue weighted by molar-refractivity contribution is 5.51. The van der Waals surface area contributed by atoms with E-state index in [1.807, 2.05) is 0 Å². The lowest BCUT2D eigenvalue weighted by Gasteiger charge is -2.34. The molecule has 0 heterocycles. The molecule has 0 N–H and O–H groups in total. The van der Waals surface area contributed by atoms with Gasteiger partial charge in [0, 0.05) is 6.42 Å². The molecule has 0 aromatic rings. The van der Waals surface area contributed by atoms with E-state index in [-0.39, 0.29) is 0 Å². The topological polar surface area (TPSA) is 17.1 Å². The second-order valence-corrected chi connectivity index (χ2v) is 4.48. The molecule has 13 heavy (non-hydrogen) atoms. The van der Waals surface area contributed by atoms with Crippen molar-refractivity contribution in [2.75, 3.05) is 0 Å². The van der Waals surface area contributed by atoms with Gasteiger partial charge in [-0.05, 0) is 37.5 Å². The predicted octanol–water partition coefficient (Wildman–Crippen LogP) is 3.11. The van der Waals surface area contributed by atoms with E-state index in [1.165, 1.54) is 24.8 Å². The second kappa shape index (κ2) is 4.59. The molecule has 0 aromatic carbocycles. The largest absolute Gasteiger partial charge is 0.291 e. The van der Waals surface area contributed by atoms with Gasteiger partial charge in [-0.1, -0.05) is 25.5 Å². The maximum Gasteiger partial charge on any atom is 0.198 e. The Morgan fingerprint density at radius 2 is 2.23 bits per heavy atom. The van der Waals surface area contributed by atoms with Crippen LogP contribution in [0.3, 0.4) is 0 Å². The van der Waals surface area contributed by atoms with Crippen LogP contribution in [0.25, 0.3) is 0 Å². The van der Waals surface area contributed by atoms with Crippen LogP contribution < -0.4 is 0 Å².